The summed E-state index contributed by atoms with van der Waals surface area (Å²) >= 11 is 0. The van der Waals surface area contributed by atoms with E-state index >= 15 is 0 Å². The number of nitrogens with one attached hydrogen (secondary N) is 1. The van der Waals surface area contributed by atoms with Crippen LogP contribution >= 0.6 is 0 Å². The minimum atomic E-state index is 0.0784. The van der Waals surface area contributed by atoms with Gasteiger partial charge in [-0.1, -0.05) is 19.1 Å². The number of likely N-dealkylation sites (tertiary alicyclic amines) is 1. The first-order valence-corrected chi connectivity index (χ1v) is 14.1. The van der Waals surface area contributed by atoms with Crippen LogP contribution in [0.1, 0.15) is 52.1 Å². The van der Waals surface area contributed by atoms with Crippen molar-refractivity contribution in [2.75, 3.05) is 50.7 Å². The second-order valence-electron chi connectivity index (χ2n) is 12.0. The van der Waals surface area contributed by atoms with Crippen molar-refractivity contribution in [3.05, 3.63) is 46.3 Å². The number of hydrogen-bond donors (Lipinski definition) is 1. The Balaban J connectivity index is 1.06. The summed E-state index contributed by atoms with van der Waals surface area (Å²) in [6.45, 7) is 12.6. The first-order valence-electron chi connectivity index (χ1n) is 14.1. The van der Waals surface area contributed by atoms with E-state index in [9.17, 15) is 9.59 Å². The Morgan fingerprint density at radius 3 is 2.62 bits per heavy atom. The molecule has 37 heavy (non-hydrogen) atoms. The van der Waals surface area contributed by atoms with Gasteiger partial charge in [0.2, 0.25) is 5.91 Å². The molecule has 0 radical (unpaired) electrons. The third kappa shape index (κ3) is 3.70. The molecule has 8 nitrogen and oxygen atoms in total. The Morgan fingerprint density at radius 1 is 1.08 bits per heavy atom. The number of piperazine rings is 1. The monoisotopic (exact) mass is 502 g/mol. The van der Waals surface area contributed by atoms with E-state index in [2.05, 4.69) is 49.2 Å². The average molecular weight is 503 g/mol. The van der Waals surface area contributed by atoms with Crippen LogP contribution in [0.3, 0.4) is 0 Å². The fourth-order valence-corrected chi connectivity index (χ4v) is 7.41. The number of aromatic nitrogens is 2. The summed E-state index contributed by atoms with van der Waals surface area (Å²) in [6.07, 6.45) is 1.97. The highest BCUT2D eigenvalue weighted by atomic mass is 16.2. The molecular formula is C29H38N6O2. The van der Waals surface area contributed by atoms with E-state index in [4.69, 9.17) is 5.10 Å². The summed E-state index contributed by atoms with van der Waals surface area (Å²) < 4.78 is 1.89. The van der Waals surface area contributed by atoms with Crippen molar-refractivity contribution in [1.29, 1.82) is 0 Å². The van der Waals surface area contributed by atoms with Crippen LogP contribution in [0.5, 0.6) is 0 Å². The van der Waals surface area contributed by atoms with Crippen molar-refractivity contribution in [3.8, 4) is 0 Å². The van der Waals surface area contributed by atoms with Gasteiger partial charge in [0.1, 0.15) is 6.54 Å². The predicted octanol–water partition coefficient (Wildman–Crippen LogP) is 2.19. The number of amides is 2. The third-order valence-electron chi connectivity index (χ3n) is 10.1. The molecule has 5 atom stereocenters. The number of piperidine rings is 1. The molecule has 4 heterocycles. The van der Waals surface area contributed by atoms with Crippen LogP contribution in [0.25, 0.3) is 0 Å². The predicted molar refractivity (Wildman–Crippen MR) is 142 cm³/mol. The Labute approximate surface area is 219 Å². The molecule has 0 spiro atoms. The molecule has 1 N–H and O–H groups in total. The van der Waals surface area contributed by atoms with Gasteiger partial charge in [0, 0.05) is 74.7 Å². The molecular weight excluding hydrogens is 464 g/mol. The number of nitrogens with zero attached hydrogens (tertiary/aromatic N) is 5. The second-order valence-corrected chi connectivity index (χ2v) is 12.0. The Bertz CT molecular complexity index is 1260. The first-order chi connectivity index (χ1) is 17.9. The molecule has 7 rings (SSSR count). The molecule has 2 amide bonds. The van der Waals surface area contributed by atoms with Gasteiger partial charge in [-0.3, -0.25) is 14.3 Å². The number of hydrogen-bond acceptors (Lipinski definition) is 5. The number of aryl methyl sites for hydroxylation is 1. The van der Waals surface area contributed by atoms with Gasteiger partial charge in [-0.2, -0.15) is 5.10 Å². The molecule has 2 aliphatic carbocycles. The van der Waals surface area contributed by atoms with Crippen LogP contribution in [0.2, 0.25) is 0 Å². The van der Waals surface area contributed by atoms with Crippen LogP contribution in [-0.2, 0) is 17.8 Å². The number of benzene rings is 1. The molecule has 5 unspecified atom stereocenters. The normalized spacial score (nSPS) is 29.9. The number of anilines is 1. The van der Waals surface area contributed by atoms with E-state index in [1.54, 1.807) is 0 Å². The average Bonchev–Trinajstić information content (AvgIpc) is 3.19. The maximum atomic E-state index is 13.7. The van der Waals surface area contributed by atoms with Crippen LogP contribution in [-0.4, -0.2) is 83.2 Å². The Morgan fingerprint density at radius 2 is 1.89 bits per heavy atom. The van der Waals surface area contributed by atoms with Crippen molar-refractivity contribution in [2.24, 2.45) is 17.8 Å². The van der Waals surface area contributed by atoms with Gasteiger partial charge in [0.15, 0.2) is 5.69 Å². The minimum Gasteiger partial charge on any atom is -0.368 e. The van der Waals surface area contributed by atoms with Gasteiger partial charge in [-0.25, -0.2) is 0 Å². The van der Waals surface area contributed by atoms with Gasteiger partial charge >= 0.3 is 0 Å². The van der Waals surface area contributed by atoms with Crippen LogP contribution in [0, 0.1) is 31.6 Å². The van der Waals surface area contributed by atoms with Gasteiger partial charge in [0.05, 0.1) is 0 Å². The van der Waals surface area contributed by atoms with E-state index in [0.717, 1.165) is 56.8 Å². The van der Waals surface area contributed by atoms with E-state index in [1.165, 1.54) is 16.8 Å². The highest BCUT2D eigenvalue weighted by Gasteiger charge is 2.57. The Kier molecular flexibility index (Phi) is 5.40. The number of carbonyl (C=O) groups is 2. The summed E-state index contributed by atoms with van der Waals surface area (Å²) in [7, 11) is 0. The first kappa shape index (κ1) is 23.3. The summed E-state index contributed by atoms with van der Waals surface area (Å²) in [5.74, 6) is 2.44. The summed E-state index contributed by atoms with van der Waals surface area (Å²) in [5, 5.41) is 8.33. The van der Waals surface area contributed by atoms with Crippen molar-refractivity contribution in [3.63, 3.8) is 0 Å². The molecule has 3 aliphatic heterocycles. The number of rotatable bonds is 4. The van der Waals surface area contributed by atoms with E-state index < -0.39 is 0 Å². The van der Waals surface area contributed by atoms with Gasteiger partial charge < -0.3 is 20.0 Å². The van der Waals surface area contributed by atoms with Gasteiger partial charge in [-0.15, -0.1) is 0 Å². The van der Waals surface area contributed by atoms with Crippen LogP contribution < -0.4 is 10.2 Å². The smallest absolute Gasteiger partial charge is 0.274 e. The zero-order valence-electron chi connectivity index (χ0n) is 22.2. The number of carbonyl (C=O) groups excluding carboxylic acids is 2. The lowest BCUT2D eigenvalue weighted by Gasteiger charge is -2.46. The van der Waals surface area contributed by atoms with Gasteiger partial charge in [0.25, 0.3) is 5.91 Å². The van der Waals surface area contributed by atoms with Crippen molar-refractivity contribution >= 4 is 17.5 Å². The summed E-state index contributed by atoms with van der Waals surface area (Å²) in [6, 6.07) is 7.02. The van der Waals surface area contributed by atoms with Crippen molar-refractivity contribution in [2.45, 2.75) is 52.1 Å². The third-order valence-corrected chi connectivity index (χ3v) is 10.1. The fourth-order valence-electron chi connectivity index (χ4n) is 7.41. The van der Waals surface area contributed by atoms with Crippen molar-refractivity contribution in [1.82, 2.24) is 24.9 Å². The zero-order valence-corrected chi connectivity index (χ0v) is 22.2. The highest BCUT2D eigenvalue weighted by molar-refractivity contribution is 5.95. The lowest BCUT2D eigenvalue weighted by atomic mass is 9.85. The maximum absolute atomic E-state index is 13.7. The summed E-state index contributed by atoms with van der Waals surface area (Å²) in [5.41, 5.74) is 6.82. The SMILES string of the molecule is Cc1cccc(N2CCN(C(=O)Cn3nc(C(=O)N4CCC5NCC5C4)c4c3CC3C(C)C43)CC2)c1C. The molecule has 5 aliphatic rings. The van der Waals surface area contributed by atoms with Crippen LogP contribution in [0.4, 0.5) is 5.69 Å². The van der Waals surface area contributed by atoms with Gasteiger partial charge in [-0.05, 0) is 61.6 Å². The largest absolute Gasteiger partial charge is 0.368 e. The molecule has 1 aromatic heterocycles. The molecule has 8 heteroatoms. The lowest BCUT2D eigenvalue weighted by molar-refractivity contribution is -0.132. The summed E-state index contributed by atoms with van der Waals surface area (Å²) in [4.78, 5) is 33.4. The van der Waals surface area contributed by atoms with E-state index in [0.29, 0.717) is 48.5 Å². The molecule has 196 valence electrons. The molecule has 1 saturated carbocycles. The molecule has 0 bridgehead atoms. The molecule has 2 aromatic rings. The molecule has 4 fully saturated rings. The van der Waals surface area contributed by atoms with E-state index in [-0.39, 0.29) is 18.4 Å². The topological polar surface area (TPSA) is 73.7 Å². The second kappa shape index (κ2) is 8.58. The van der Waals surface area contributed by atoms with Crippen LogP contribution in [0.15, 0.2) is 18.2 Å². The standard InChI is InChI=1S/C29H38N6O2/c1-17-5-4-6-23(18(17)2)32-9-11-33(12-10-32)25(36)16-35-24-13-21-19(3)26(21)27(24)28(31-35)29(37)34-8-7-22-20(15-34)14-30-22/h4-6,19-22,26,30H,7-16H2,1-3H3. The van der Waals surface area contributed by atoms with Crippen molar-refractivity contribution < 1.29 is 9.59 Å². The molecule has 3 saturated heterocycles. The molecule has 1 aromatic carbocycles. The quantitative estimate of drug-likeness (QED) is 0.694. The maximum Gasteiger partial charge on any atom is 0.274 e. The fraction of sp³-hybridized carbons (Fsp3) is 0.621. The highest BCUT2D eigenvalue weighted by Crippen LogP contribution is 2.62. The Hall–Kier alpha value is -2.87. The minimum absolute atomic E-state index is 0.0784. The lowest BCUT2D eigenvalue weighted by Crippen LogP contribution is -2.62. The zero-order chi connectivity index (χ0) is 25.4. The van der Waals surface area contributed by atoms with E-state index in [1.807, 2.05) is 14.5 Å². The number of fused-ring (bicyclic) bond motifs is 4.